The van der Waals surface area contributed by atoms with E-state index in [1.54, 1.807) is 11.3 Å². The Kier molecular flexibility index (Phi) is 4.87. The van der Waals surface area contributed by atoms with Crippen molar-refractivity contribution in [1.29, 1.82) is 0 Å². The largest absolute Gasteiger partial charge is 0.492 e. The summed E-state index contributed by atoms with van der Waals surface area (Å²) >= 11 is 1.74. The van der Waals surface area contributed by atoms with Crippen molar-refractivity contribution < 1.29 is 13.5 Å². The van der Waals surface area contributed by atoms with Crippen LogP contribution in [0, 0.1) is 18.6 Å². The third kappa shape index (κ3) is 4.61. The van der Waals surface area contributed by atoms with Crippen molar-refractivity contribution in [1.82, 2.24) is 5.32 Å². The summed E-state index contributed by atoms with van der Waals surface area (Å²) in [5.74, 6) is -1.04. The second kappa shape index (κ2) is 6.63. The molecule has 1 aromatic heterocycles. The first-order valence-electron chi connectivity index (χ1n) is 5.98. The van der Waals surface area contributed by atoms with E-state index in [-0.39, 0.29) is 5.75 Å². The van der Waals surface area contributed by atoms with Gasteiger partial charge >= 0.3 is 0 Å². The number of hydrogen-bond donors (Lipinski definition) is 1. The molecule has 0 spiro atoms. The zero-order valence-electron chi connectivity index (χ0n) is 10.6. The van der Waals surface area contributed by atoms with Gasteiger partial charge < -0.3 is 10.1 Å². The number of rotatable bonds is 6. The van der Waals surface area contributed by atoms with Crippen LogP contribution in [0.5, 0.6) is 5.75 Å². The molecule has 2 aromatic rings. The Balaban J connectivity index is 1.69. The van der Waals surface area contributed by atoms with E-state index in [2.05, 4.69) is 24.4 Å². The monoisotopic (exact) mass is 283 g/mol. The molecule has 2 nitrogen and oxygen atoms in total. The van der Waals surface area contributed by atoms with E-state index in [9.17, 15) is 8.78 Å². The van der Waals surface area contributed by atoms with Crippen molar-refractivity contribution in [2.24, 2.45) is 0 Å². The average Bonchev–Trinajstić information content (AvgIpc) is 2.73. The topological polar surface area (TPSA) is 21.3 Å². The minimum absolute atomic E-state index is 0.214. The predicted molar refractivity (Wildman–Crippen MR) is 72.6 cm³/mol. The van der Waals surface area contributed by atoms with Gasteiger partial charge in [-0.25, -0.2) is 8.78 Å². The van der Waals surface area contributed by atoms with Crippen LogP contribution in [-0.4, -0.2) is 13.2 Å². The van der Waals surface area contributed by atoms with Crippen LogP contribution in [0.25, 0.3) is 0 Å². The minimum Gasteiger partial charge on any atom is -0.492 e. The van der Waals surface area contributed by atoms with E-state index in [4.69, 9.17) is 4.74 Å². The summed E-state index contributed by atoms with van der Waals surface area (Å²) in [4.78, 5) is 2.54. The molecular weight excluding hydrogens is 268 g/mol. The highest BCUT2D eigenvalue weighted by Gasteiger charge is 2.01. The Bertz CT molecular complexity index is 522. The molecule has 0 unspecified atom stereocenters. The summed E-state index contributed by atoms with van der Waals surface area (Å²) in [6.45, 7) is 3.83. The number of benzene rings is 1. The summed E-state index contributed by atoms with van der Waals surface area (Å²) in [5, 5.41) is 3.21. The summed E-state index contributed by atoms with van der Waals surface area (Å²) in [7, 11) is 0. The lowest BCUT2D eigenvalue weighted by molar-refractivity contribution is 0.310. The molecule has 1 N–H and O–H groups in total. The summed E-state index contributed by atoms with van der Waals surface area (Å²) in [6, 6.07) is 7.32. The molecule has 2 rings (SSSR count). The average molecular weight is 283 g/mol. The number of hydrogen-bond acceptors (Lipinski definition) is 3. The minimum atomic E-state index is -0.628. The van der Waals surface area contributed by atoms with Crippen LogP contribution in [0.3, 0.4) is 0 Å². The fraction of sp³-hybridized carbons (Fsp3) is 0.286. The fourth-order valence-corrected chi connectivity index (χ4v) is 2.50. The number of halogens is 2. The van der Waals surface area contributed by atoms with Gasteiger partial charge in [-0.2, -0.15) is 0 Å². The van der Waals surface area contributed by atoms with Crippen molar-refractivity contribution in [3.8, 4) is 5.75 Å². The van der Waals surface area contributed by atoms with Gasteiger partial charge in [0, 0.05) is 41.0 Å². The van der Waals surface area contributed by atoms with E-state index >= 15 is 0 Å². The van der Waals surface area contributed by atoms with Crippen molar-refractivity contribution in [3.05, 3.63) is 51.7 Å². The lowest BCUT2D eigenvalue weighted by atomic mass is 10.3. The van der Waals surface area contributed by atoms with Crippen LogP contribution in [0.1, 0.15) is 9.75 Å². The fourth-order valence-electron chi connectivity index (χ4n) is 1.64. The molecule has 0 fully saturated rings. The molecule has 19 heavy (non-hydrogen) atoms. The molecule has 102 valence electrons. The van der Waals surface area contributed by atoms with Crippen LogP contribution in [0.15, 0.2) is 30.3 Å². The number of aryl methyl sites for hydroxylation is 1. The molecule has 1 aromatic carbocycles. The van der Waals surface area contributed by atoms with E-state index in [0.717, 1.165) is 12.6 Å². The maximum Gasteiger partial charge on any atom is 0.129 e. The molecule has 0 saturated carbocycles. The highest BCUT2D eigenvalue weighted by molar-refractivity contribution is 7.11. The summed E-state index contributed by atoms with van der Waals surface area (Å²) < 4.78 is 31.1. The van der Waals surface area contributed by atoms with Gasteiger partial charge in [-0.1, -0.05) is 0 Å². The third-order valence-electron chi connectivity index (χ3n) is 2.48. The van der Waals surface area contributed by atoms with Gasteiger partial charge in [-0.3, -0.25) is 0 Å². The van der Waals surface area contributed by atoms with Gasteiger partial charge in [-0.15, -0.1) is 11.3 Å². The van der Waals surface area contributed by atoms with Gasteiger partial charge in [0.2, 0.25) is 0 Å². The zero-order chi connectivity index (χ0) is 13.7. The molecule has 0 saturated heterocycles. The van der Waals surface area contributed by atoms with E-state index in [1.165, 1.54) is 21.9 Å². The lowest BCUT2D eigenvalue weighted by Gasteiger charge is -2.07. The zero-order valence-corrected chi connectivity index (χ0v) is 11.4. The number of thiophene rings is 1. The number of nitrogens with one attached hydrogen (secondary N) is 1. The van der Waals surface area contributed by atoms with Crippen molar-refractivity contribution in [2.45, 2.75) is 13.5 Å². The SMILES string of the molecule is Cc1ccc(CNCCOc2cc(F)cc(F)c2)s1. The Labute approximate surface area is 115 Å². The van der Waals surface area contributed by atoms with Crippen LogP contribution in [0.4, 0.5) is 8.78 Å². The molecule has 0 bridgehead atoms. The quantitative estimate of drug-likeness (QED) is 0.819. The maximum absolute atomic E-state index is 12.9. The standard InChI is InChI=1S/C14H15F2NOS/c1-10-2-3-14(19-10)9-17-4-5-18-13-7-11(15)6-12(16)8-13/h2-3,6-8,17H,4-5,9H2,1H3. The smallest absolute Gasteiger partial charge is 0.129 e. The van der Waals surface area contributed by atoms with Gasteiger partial charge in [-0.05, 0) is 19.1 Å². The molecular formula is C14H15F2NOS. The van der Waals surface area contributed by atoms with Crippen LogP contribution in [-0.2, 0) is 6.54 Å². The predicted octanol–water partition coefficient (Wildman–Crippen LogP) is 3.50. The summed E-state index contributed by atoms with van der Waals surface area (Å²) in [6.07, 6.45) is 0. The van der Waals surface area contributed by atoms with Crippen molar-refractivity contribution >= 4 is 11.3 Å². The Morgan fingerprint density at radius 2 is 1.89 bits per heavy atom. The first-order chi connectivity index (χ1) is 9.13. The molecule has 0 amide bonds. The lowest BCUT2D eigenvalue weighted by Crippen LogP contribution is -2.20. The molecule has 0 aliphatic heterocycles. The molecule has 0 aliphatic rings. The van der Waals surface area contributed by atoms with Crippen LogP contribution < -0.4 is 10.1 Å². The normalized spacial score (nSPS) is 10.7. The maximum atomic E-state index is 12.9. The third-order valence-corrected chi connectivity index (χ3v) is 3.48. The molecule has 5 heteroatoms. The van der Waals surface area contributed by atoms with E-state index < -0.39 is 11.6 Å². The second-order valence-corrected chi connectivity index (χ2v) is 5.52. The van der Waals surface area contributed by atoms with E-state index in [1.807, 2.05) is 0 Å². The van der Waals surface area contributed by atoms with Crippen molar-refractivity contribution in [2.75, 3.05) is 13.2 Å². The van der Waals surface area contributed by atoms with E-state index in [0.29, 0.717) is 13.2 Å². The van der Waals surface area contributed by atoms with Crippen LogP contribution in [0.2, 0.25) is 0 Å². The Morgan fingerprint density at radius 3 is 2.53 bits per heavy atom. The first kappa shape index (κ1) is 14.0. The molecule has 0 radical (unpaired) electrons. The van der Waals surface area contributed by atoms with Gasteiger partial charge in [0.05, 0.1) is 0 Å². The molecule has 0 aliphatic carbocycles. The summed E-state index contributed by atoms with van der Waals surface area (Å²) in [5.41, 5.74) is 0. The van der Waals surface area contributed by atoms with Crippen LogP contribution >= 0.6 is 11.3 Å². The van der Waals surface area contributed by atoms with Gasteiger partial charge in [0.25, 0.3) is 0 Å². The highest BCUT2D eigenvalue weighted by Crippen LogP contribution is 2.15. The van der Waals surface area contributed by atoms with Gasteiger partial charge in [0.15, 0.2) is 0 Å². The highest BCUT2D eigenvalue weighted by atomic mass is 32.1. The molecule has 0 atom stereocenters. The Morgan fingerprint density at radius 1 is 1.16 bits per heavy atom. The number of ether oxygens (including phenoxy) is 1. The molecule has 1 heterocycles. The second-order valence-electron chi connectivity index (χ2n) is 4.14. The van der Waals surface area contributed by atoms with Crippen molar-refractivity contribution in [3.63, 3.8) is 0 Å². The Hall–Kier alpha value is -1.46. The first-order valence-corrected chi connectivity index (χ1v) is 6.80. The van der Waals surface area contributed by atoms with Gasteiger partial charge in [0.1, 0.15) is 24.0 Å².